The van der Waals surface area contributed by atoms with Crippen LogP contribution in [-0.4, -0.2) is 29.1 Å². The quantitative estimate of drug-likeness (QED) is 0.407. The van der Waals surface area contributed by atoms with Crippen LogP contribution in [0.25, 0.3) is 0 Å². The predicted molar refractivity (Wildman–Crippen MR) is 46.1 cm³/mol. The molecule has 0 fully saturated rings. The number of carbonyl (C=O) groups excluding carboxylic acids is 2. The van der Waals surface area contributed by atoms with Crippen molar-refractivity contribution in [2.75, 3.05) is 7.11 Å². The highest BCUT2D eigenvalue weighted by molar-refractivity contribution is 6.41. The summed E-state index contributed by atoms with van der Waals surface area (Å²) in [5.41, 5.74) is -0.199. The van der Waals surface area contributed by atoms with Crippen LogP contribution in [0.4, 0.5) is 0 Å². The van der Waals surface area contributed by atoms with E-state index in [1.807, 2.05) is 0 Å². The van der Waals surface area contributed by atoms with Crippen LogP contribution in [0, 0.1) is 0 Å². The molecule has 0 aromatic heterocycles. The third-order valence-electron chi connectivity index (χ3n) is 1.60. The Morgan fingerprint density at radius 3 is 2.43 bits per heavy atom. The van der Waals surface area contributed by atoms with Crippen molar-refractivity contribution in [2.24, 2.45) is 0 Å². The number of esters is 1. The molecule has 0 aliphatic heterocycles. The lowest BCUT2D eigenvalue weighted by Crippen LogP contribution is -2.15. The fraction of sp³-hybridized carbons (Fsp3) is 0.111. The van der Waals surface area contributed by atoms with E-state index in [2.05, 4.69) is 4.74 Å². The first kappa shape index (κ1) is 10.0. The summed E-state index contributed by atoms with van der Waals surface area (Å²) in [7, 11) is 1.07. The first-order chi connectivity index (χ1) is 6.56. The molecule has 0 aliphatic carbocycles. The minimum atomic E-state index is -1.06. The van der Waals surface area contributed by atoms with Gasteiger partial charge in [-0.05, 0) is 12.1 Å². The van der Waals surface area contributed by atoms with E-state index in [0.717, 1.165) is 19.2 Å². The average Bonchev–Trinajstić information content (AvgIpc) is 2.15. The lowest BCUT2D eigenvalue weighted by atomic mass is 10.1. The summed E-state index contributed by atoms with van der Waals surface area (Å²) in [6.07, 6.45) is 0. The zero-order valence-corrected chi connectivity index (χ0v) is 7.35. The van der Waals surface area contributed by atoms with E-state index in [4.69, 9.17) is 5.11 Å². The van der Waals surface area contributed by atoms with Gasteiger partial charge in [0, 0.05) is 6.07 Å². The minimum absolute atomic E-state index is 0.191. The summed E-state index contributed by atoms with van der Waals surface area (Å²) in [5.74, 6) is -2.67. The van der Waals surface area contributed by atoms with Gasteiger partial charge in [0.25, 0.3) is 5.78 Å². The molecule has 0 heterocycles. The van der Waals surface area contributed by atoms with E-state index >= 15 is 0 Å². The molecule has 1 aromatic carbocycles. The third kappa shape index (κ3) is 1.82. The van der Waals surface area contributed by atoms with Crippen molar-refractivity contribution >= 4 is 11.8 Å². The molecule has 5 heteroatoms. The first-order valence-electron chi connectivity index (χ1n) is 3.71. The molecule has 1 aromatic rings. The van der Waals surface area contributed by atoms with Gasteiger partial charge in [0.15, 0.2) is 0 Å². The summed E-state index contributed by atoms with van der Waals surface area (Å²) in [5, 5.41) is 18.1. The maximum atomic E-state index is 11.2. The molecule has 0 saturated carbocycles. The molecule has 74 valence electrons. The Labute approximate surface area is 79.6 Å². The Bertz CT molecular complexity index is 383. The van der Waals surface area contributed by atoms with Crippen molar-refractivity contribution in [1.29, 1.82) is 0 Å². The van der Waals surface area contributed by atoms with Gasteiger partial charge in [-0.15, -0.1) is 0 Å². The number of methoxy groups -OCH3 is 1. The van der Waals surface area contributed by atoms with Gasteiger partial charge in [0.05, 0.1) is 12.7 Å². The topological polar surface area (TPSA) is 83.8 Å². The van der Waals surface area contributed by atoms with Crippen LogP contribution in [-0.2, 0) is 9.53 Å². The van der Waals surface area contributed by atoms with Gasteiger partial charge in [-0.1, -0.05) is 0 Å². The number of hydrogen-bond acceptors (Lipinski definition) is 5. The number of rotatable bonds is 2. The molecule has 0 spiro atoms. The van der Waals surface area contributed by atoms with Crippen LogP contribution in [0.3, 0.4) is 0 Å². The van der Waals surface area contributed by atoms with Gasteiger partial charge >= 0.3 is 5.97 Å². The number of phenolic OH excluding ortho intramolecular Hbond substituents is 2. The molecule has 0 atom stereocenters. The fourth-order valence-corrected chi connectivity index (χ4v) is 0.915. The van der Waals surface area contributed by atoms with Gasteiger partial charge < -0.3 is 14.9 Å². The number of ketones is 1. The Balaban J connectivity index is 3.08. The standard InChI is InChI=1S/C9H8O5/c1-14-9(13)8(12)6-3-2-5(10)4-7(6)11/h2-4,10-11H,1H3. The van der Waals surface area contributed by atoms with Crippen LogP contribution in [0.5, 0.6) is 11.5 Å². The highest BCUT2D eigenvalue weighted by Crippen LogP contribution is 2.22. The smallest absolute Gasteiger partial charge is 0.379 e. The van der Waals surface area contributed by atoms with Crippen molar-refractivity contribution in [3.8, 4) is 11.5 Å². The lowest BCUT2D eigenvalue weighted by molar-refractivity contribution is -0.135. The number of carbonyl (C=O) groups is 2. The van der Waals surface area contributed by atoms with Crippen molar-refractivity contribution in [3.63, 3.8) is 0 Å². The monoisotopic (exact) mass is 196 g/mol. The lowest BCUT2D eigenvalue weighted by Gasteiger charge is -2.02. The van der Waals surface area contributed by atoms with E-state index < -0.39 is 17.5 Å². The van der Waals surface area contributed by atoms with Crippen LogP contribution >= 0.6 is 0 Å². The predicted octanol–water partition coefficient (Wildman–Crippen LogP) is 0.453. The van der Waals surface area contributed by atoms with E-state index in [1.165, 1.54) is 6.07 Å². The summed E-state index contributed by atoms with van der Waals surface area (Å²) in [6, 6.07) is 3.30. The van der Waals surface area contributed by atoms with Gasteiger partial charge in [-0.2, -0.15) is 0 Å². The molecular weight excluding hydrogens is 188 g/mol. The molecule has 0 unspecified atom stereocenters. The SMILES string of the molecule is COC(=O)C(=O)c1ccc(O)cc1O. The van der Waals surface area contributed by atoms with Gasteiger partial charge in [0.1, 0.15) is 11.5 Å². The Kier molecular flexibility index (Phi) is 2.71. The van der Waals surface area contributed by atoms with E-state index in [-0.39, 0.29) is 11.3 Å². The second-order valence-corrected chi connectivity index (χ2v) is 2.52. The average molecular weight is 196 g/mol. The molecule has 0 aliphatic rings. The van der Waals surface area contributed by atoms with Gasteiger partial charge in [0.2, 0.25) is 0 Å². The molecule has 1 rings (SSSR count). The fourth-order valence-electron chi connectivity index (χ4n) is 0.915. The maximum absolute atomic E-state index is 11.2. The molecule has 0 bridgehead atoms. The summed E-state index contributed by atoms with van der Waals surface area (Å²) in [6.45, 7) is 0. The molecular formula is C9H8O5. The number of ether oxygens (including phenoxy) is 1. The molecule has 14 heavy (non-hydrogen) atoms. The molecule has 0 saturated heterocycles. The first-order valence-corrected chi connectivity index (χ1v) is 3.71. The van der Waals surface area contributed by atoms with Crippen LogP contribution in [0.2, 0.25) is 0 Å². The van der Waals surface area contributed by atoms with E-state index in [0.29, 0.717) is 0 Å². The van der Waals surface area contributed by atoms with Crippen molar-refractivity contribution in [2.45, 2.75) is 0 Å². The third-order valence-corrected chi connectivity index (χ3v) is 1.60. The highest BCUT2D eigenvalue weighted by Gasteiger charge is 2.20. The zero-order valence-electron chi connectivity index (χ0n) is 7.35. The number of phenols is 2. The highest BCUT2D eigenvalue weighted by atomic mass is 16.5. The van der Waals surface area contributed by atoms with Gasteiger partial charge in [-0.25, -0.2) is 4.79 Å². The Morgan fingerprint density at radius 1 is 1.29 bits per heavy atom. The second kappa shape index (κ2) is 3.78. The normalized spacial score (nSPS) is 9.50. The van der Waals surface area contributed by atoms with E-state index in [9.17, 15) is 14.7 Å². The molecule has 0 amide bonds. The summed E-state index contributed by atoms with van der Waals surface area (Å²) in [4.78, 5) is 22.0. The number of aromatic hydroxyl groups is 2. The minimum Gasteiger partial charge on any atom is -0.508 e. The largest absolute Gasteiger partial charge is 0.508 e. The van der Waals surface area contributed by atoms with Crippen LogP contribution < -0.4 is 0 Å². The van der Waals surface area contributed by atoms with Crippen molar-refractivity contribution in [1.82, 2.24) is 0 Å². The molecule has 0 radical (unpaired) electrons. The van der Waals surface area contributed by atoms with Crippen molar-refractivity contribution in [3.05, 3.63) is 23.8 Å². The Hall–Kier alpha value is -2.04. The number of benzene rings is 1. The molecule has 2 N–H and O–H groups in total. The van der Waals surface area contributed by atoms with Crippen molar-refractivity contribution < 1.29 is 24.5 Å². The molecule has 5 nitrogen and oxygen atoms in total. The number of Topliss-reactive ketones (excluding diaryl/α,β-unsaturated/α-hetero) is 1. The zero-order chi connectivity index (χ0) is 10.7. The van der Waals surface area contributed by atoms with Crippen LogP contribution in [0.15, 0.2) is 18.2 Å². The Morgan fingerprint density at radius 2 is 1.93 bits per heavy atom. The summed E-state index contributed by atoms with van der Waals surface area (Å²) < 4.78 is 4.19. The van der Waals surface area contributed by atoms with Gasteiger partial charge in [-0.3, -0.25) is 4.79 Å². The van der Waals surface area contributed by atoms with Crippen LogP contribution in [0.1, 0.15) is 10.4 Å². The second-order valence-electron chi connectivity index (χ2n) is 2.52. The maximum Gasteiger partial charge on any atom is 0.379 e. The number of hydrogen-bond donors (Lipinski definition) is 2. The summed E-state index contributed by atoms with van der Waals surface area (Å²) >= 11 is 0. The van der Waals surface area contributed by atoms with E-state index in [1.54, 1.807) is 0 Å².